The number of carbonyl (C=O) groups is 2. The molecular weight excluding hydrogens is 264 g/mol. The van der Waals surface area contributed by atoms with Crippen molar-refractivity contribution in [1.82, 2.24) is 4.34 Å². The summed E-state index contributed by atoms with van der Waals surface area (Å²) in [4.78, 5) is 23.5. The largest absolute Gasteiger partial charge is 0.387 e. The van der Waals surface area contributed by atoms with Crippen molar-refractivity contribution >= 4 is 33.8 Å². The van der Waals surface area contributed by atoms with Crippen LogP contribution in [-0.4, -0.2) is 23.7 Å². The Morgan fingerprint density at radius 1 is 1.33 bits per heavy atom. The lowest BCUT2D eigenvalue weighted by Gasteiger charge is -2.18. The fourth-order valence-corrected chi connectivity index (χ4v) is 1.24. The molecule has 0 aromatic heterocycles. The molecule has 0 saturated heterocycles. The number of halogens is 1. The lowest BCUT2D eigenvalue weighted by Crippen LogP contribution is -2.42. The van der Waals surface area contributed by atoms with Crippen LogP contribution in [0.1, 0.15) is 0 Å². The molecule has 0 aliphatic heterocycles. The summed E-state index contributed by atoms with van der Waals surface area (Å²) in [6.07, 6.45) is 0. The summed E-state index contributed by atoms with van der Waals surface area (Å²) in [5.74, 6) is -0.696. The second-order valence-electron chi connectivity index (χ2n) is 2.62. The zero-order valence-corrected chi connectivity index (χ0v) is 9.27. The molecule has 0 heterocycles. The van der Waals surface area contributed by atoms with Gasteiger partial charge in [-0.05, 0) is 12.1 Å². The number of aliphatic hydroxyl groups is 1. The number of benzene rings is 1. The highest BCUT2D eigenvalue weighted by Crippen LogP contribution is 2.13. The van der Waals surface area contributed by atoms with E-state index in [-0.39, 0.29) is 0 Å². The van der Waals surface area contributed by atoms with Gasteiger partial charge in [0.05, 0.1) is 21.8 Å². The highest BCUT2D eigenvalue weighted by Gasteiger charge is 2.21. The number of carbonyl (C=O) groups excluding carboxylic acids is 2. The van der Waals surface area contributed by atoms with Crippen molar-refractivity contribution in [2.45, 2.75) is 0 Å². The van der Waals surface area contributed by atoms with E-state index in [4.69, 9.17) is 5.11 Å². The van der Waals surface area contributed by atoms with Crippen LogP contribution >= 0.6 is 16.1 Å². The molecule has 0 aliphatic rings. The molecule has 1 rings (SSSR count). The molecule has 0 saturated carbocycles. The van der Waals surface area contributed by atoms with Crippen molar-refractivity contribution in [3.05, 3.63) is 30.3 Å². The fraction of sp³-hybridized carbons (Fsp3) is 0.111. The van der Waals surface area contributed by atoms with Crippen LogP contribution in [0.5, 0.6) is 0 Å². The summed E-state index contributed by atoms with van der Waals surface area (Å²) in [5, 5.41) is 8.72. The van der Waals surface area contributed by atoms with E-state index in [0.717, 1.165) is 4.90 Å². The van der Waals surface area contributed by atoms with Gasteiger partial charge >= 0.3 is 6.03 Å². The number of hydrogen-bond acceptors (Lipinski definition) is 3. The Morgan fingerprint density at radius 2 is 1.93 bits per heavy atom. The van der Waals surface area contributed by atoms with Crippen molar-refractivity contribution in [3.8, 4) is 0 Å². The smallest absolute Gasteiger partial charge is 0.338 e. The predicted octanol–water partition coefficient (Wildman–Crippen LogP) is 1.03. The third-order valence-electron chi connectivity index (χ3n) is 1.68. The first-order chi connectivity index (χ1) is 7.20. The molecule has 5 nitrogen and oxygen atoms in total. The minimum absolute atomic E-state index is 0.397. The molecule has 1 aromatic carbocycles. The standard InChI is InChI=1S/C9H9BrN2O3/c10-11-9(15)12(8(14)6-13)7-4-2-1-3-5-7/h1-5,13H,6H2,(H,11,15). The molecule has 3 amide bonds. The van der Waals surface area contributed by atoms with E-state index in [2.05, 4.69) is 20.5 Å². The van der Waals surface area contributed by atoms with Gasteiger partial charge in [0.1, 0.15) is 6.61 Å². The molecule has 6 heteroatoms. The van der Waals surface area contributed by atoms with Crippen molar-refractivity contribution in [2.75, 3.05) is 11.5 Å². The van der Waals surface area contributed by atoms with Crippen molar-refractivity contribution < 1.29 is 14.7 Å². The summed E-state index contributed by atoms with van der Waals surface area (Å²) in [6, 6.07) is 7.67. The van der Waals surface area contributed by atoms with E-state index in [9.17, 15) is 9.59 Å². The average molecular weight is 273 g/mol. The number of amides is 3. The van der Waals surface area contributed by atoms with E-state index < -0.39 is 18.5 Å². The van der Waals surface area contributed by atoms with Gasteiger partial charge in [-0.25, -0.2) is 9.69 Å². The Bertz CT molecular complexity index is 340. The summed E-state index contributed by atoms with van der Waals surface area (Å²) in [5.41, 5.74) is 0.397. The molecule has 0 aliphatic carbocycles. The minimum atomic E-state index is -0.727. The normalized spacial score (nSPS) is 9.47. The van der Waals surface area contributed by atoms with Crippen LogP contribution in [0, 0.1) is 0 Å². The molecule has 2 N–H and O–H groups in total. The summed E-state index contributed by atoms with van der Waals surface area (Å²) in [7, 11) is 0. The van der Waals surface area contributed by atoms with Crippen LogP contribution in [0.25, 0.3) is 0 Å². The first-order valence-electron chi connectivity index (χ1n) is 4.10. The van der Waals surface area contributed by atoms with Crippen LogP contribution < -0.4 is 9.24 Å². The van der Waals surface area contributed by atoms with Gasteiger partial charge in [0.25, 0.3) is 5.91 Å². The topological polar surface area (TPSA) is 69.6 Å². The molecule has 0 spiro atoms. The van der Waals surface area contributed by atoms with Crippen LogP contribution in [0.3, 0.4) is 0 Å². The first-order valence-corrected chi connectivity index (χ1v) is 4.89. The second kappa shape index (κ2) is 5.47. The Morgan fingerprint density at radius 3 is 2.40 bits per heavy atom. The number of hydrogen-bond donors (Lipinski definition) is 2. The molecule has 1 aromatic rings. The van der Waals surface area contributed by atoms with Gasteiger partial charge in [-0.15, -0.1) is 0 Å². The van der Waals surface area contributed by atoms with Crippen LogP contribution in [-0.2, 0) is 4.79 Å². The maximum Gasteiger partial charge on any atom is 0.338 e. The maximum absolute atomic E-state index is 11.3. The molecule has 80 valence electrons. The van der Waals surface area contributed by atoms with Gasteiger partial charge in [-0.1, -0.05) is 18.2 Å². The van der Waals surface area contributed by atoms with Crippen LogP contribution in [0.2, 0.25) is 0 Å². The van der Waals surface area contributed by atoms with Gasteiger partial charge in [-0.3, -0.25) is 9.14 Å². The number of rotatable bonds is 2. The van der Waals surface area contributed by atoms with Gasteiger partial charge in [0.15, 0.2) is 0 Å². The predicted molar refractivity (Wildman–Crippen MR) is 58.5 cm³/mol. The monoisotopic (exact) mass is 272 g/mol. The van der Waals surface area contributed by atoms with E-state index in [0.29, 0.717) is 5.69 Å². The number of para-hydroxylation sites is 1. The van der Waals surface area contributed by atoms with Gasteiger partial charge in [-0.2, -0.15) is 0 Å². The minimum Gasteiger partial charge on any atom is -0.387 e. The first kappa shape index (κ1) is 11.7. The van der Waals surface area contributed by atoms with Gasteiger partial charge in [0, 0.05) is 0 Å². The van der Waals surface area contributed by atoms with E-state index in [1.807, 2.05) is 0 Å². The lowest BCUT2D eigenvalue weighted by atomic mass is 10.3. The number of imide groups is 1. The Balaban J connectivity index is 3.02. The van der Waals surface area contributed by atoms with Crippen LogP contribution in [0.4, 0.5) is 10.5 Å². The molecular formula is C9H9BrN2O3. The van der Waals surface area contributed by atoms with E-state index in [1.54, 1.807) is 30.3 Å². The quantitative estimate of drug-likeness (QED) is 0.791. The highest BCUT2D eigenvalue weighted by molar-refractivity contribution is 9.08. The zero-order chi connectivity index (χ0) is 11.3. The van der Waals surface area contributed by atoms with Gasteiger partial charge in [0.2, 0.25) is 0 Å². The molecule has 0 bridgehead atoms. The third-order valence-corrected chi connectivity index (χ3v) is 2.02. The Labute approximate surface area is 95.0 Å². The van der Waals surface area contributed by atoms with E-state index >= 15 is 0 Å². The van der Waals surface area contributed by atoms with Crippen molar-refractivity contribution in [1.29, 1.82) is 0 Å². The van der Waals surface area contributed by atoms with Gasteiger partial charge < -0.3 is 5.11 Å². The van der Waals surface area contributed by atoms with Crippen molar-refractivity contribution in [3.63, 3.8) is 0 Å². The molecule has 0 unspecified atom stereocenters. The highest BCUT2D eigenvalue weighted by atomic mass is 79.9. The average Bonchev–Trinajstić information content (AvgIpc) is 2.30. The second-order valence-corrected chi connectivity index (χ2v) is 3.02. The number of nitrogens with zero attached hydrogens (tertiary/aromatic N) is 1. The molecule has 0 radical (unpaired) electrons. The number of aliphatic hydroxyl groups excluding tert-OH is 1. The Hall–Kier alpha value is -1.40. The number of anilines is 1. The maximum atomic E-state index is 11.3. The SMILES string of the molecule is O=C(CO)N(C(=O)NBr)c1ccccc1. The number of urea groups is 1. The van der Waals surface area contributed by atoms with E-state index in [1.165, 1.54) is 0 Å². The summed E-state index contributed by atoms with van der Waals surface area (Å²) < 4.78 is 2.15. The third kappa shape index (κ3) is 2.77. The lowest BCUT2D eigenvalue weighted by molar-refractivity contribution is -0.120. The Kier molecular flexibility index (Phi) is 4.26. The molecule has 0 atom stereocenters. The molecule has 0 fully saturated rings. The molecule has 15 heavy (non-hydrogen) atoms. The number of nitrogens with one attached hydrogen (secondary N) is 1. The van der Waals surface area contributed by atoms with Crippen LogP contribution in [0.15, 0.2) is 30.3 Å². The fourth-order valence-electron chi connectivity index (χ4n) is 1.06. The summed E-state index contributed by atoms with van der Waals surface area (Å²) in [6.45, 7) is -0.727. The zero-order valence-electron chi connectivity index (χ0n) is 7.68. The van der Waals surface area contributed by atoms with Crippen molar-refractivity contribution in [2.24, 2.45) is 0 Å². The summed E-state index contributed by atoms with van der Waals surface area (Å²) >= 11 is 2.74.